The van der Waals surface area contributed by atoms with E-state index in [0.29, 0.717) is 31.9 Å². The second-order valence-electron chi connectivity index (χ2n) is 6.15. The van der Waals surface area contributed by atoms with E-state index in [1.165, 1.54) is 0 Å². The number of aromatic nitrogens is 1. The third-order valence-corrected chi connectivity index (χ3v) is 4.33. The van der Waals surface area contributed by atoms with Crippen molar-refractivity contribution in [1.29, 1.82) is 0 Å². The summed E-state index contributed by atoms with van der Waals surface area (Å²) in [6, 6.07) is 12.0. The molecule has 1 saturated heterocycles. The van der Waals surface area contributed by atoms with E-state index in [4.69, 9.17) is 15.2 Å². The summed E-state index contributed by atoms with van der Waals surface area (Å²) in [6.07, 6.45) is 2.93. The number of nitrogens with zero attached hydrogens (tertiary/aromatic N) is 1. The second-order valence-corrected chi connectivity index (χ2v) is 6.15. The maximum atomic E-state index is 11.4. The Labute approximate surface area is 141 Å². The van der Waals surface area contributed by atoms with Gasteiger partial charge in [0.15, 0.2) is 0 Å². The van der Waals surface area contributed by atoms with Gasteiger partial charge in [0.2, 0.25) is 11.8 Å². The zero-order valence-corrected chi connectivity index (χ0v) is 13.8. The van der Waals surface area contributed by atoms with Crippen molar-refractivity contribution in [3.05, 3.63) is 59.3 Å². The van der Waals surface area contributed by atoms with Gasteiger partial charge in [-0.1, -0.05) is 30.3 Å². The van der Waals surface area contributed by atoms with Crippen LogP contribution in [-0.2, 0) is 16.1 Å². The first-order valence-corrected chi connectivity index (χ1v) is 8.17. The van der Waals surface area contributed by atoms with E-state index in [1.54, 1.807) is 6.20 Å². The number of carbonyl (C=O) groups is 1. The van der Waals surface area contributed by atoms with Gasteiger partial charge in [-0.15, -0.1) is 0 Å². The molecule has 1 aromatic heterocycles. The van der Waals surface area contributed by atoms with Crippen LogP contribution in [0, 0.1) is 12.8 Å². The number of ether oxygens (including phenoxy) is 2. The molecule has 2 aromatic rings. The molecule has 0 radical (unpaired) electrons. The topological polar surface area (TPSA) is 74.4 Å². The van der Waals surface area contributed by atoms with Crippen LogP contribution in [0.2, 0.25) is 0 Å². The number of primary amides is 1. The van der Waals surface area contributed by atoms with Crippen LogP contribution in [0.3, 0.4) is 0 Å². The molecule has 24 heavy (non-hydrogen) atoms. The van der Waals surface area contributed by atoms with Gasteiger partial charge in [-0.25, -0.2) is 4.98 Å². The standard InChI is InChI=1S/C19H22N2O3/c1-13-9-16(17-10-15(18(20)22)7-8-23-17)11-21-19(13)24-12-14-5-3-2-4-6-14/h2-6,9,11,15,17H,7-8,10,12H2,1H3,(H2,20,22)/t15-,17+/m0/s1. The molecule has 0 aliphatic carbocycles. The van der Waals surface area contributed by atoms with Crippen molar-refractivity contribution in [1.82, 2.24) is 4.98 Å². The third kappa shape index (κ3) is 3.92. The summed E-state index contributed by atoms with van der Waals surface area (Å²) in [4.78, 5) is 15.8. The molecule has 2 heterocycles. The first-order valence-electron chi connectivity index (χ1n) is 8.17. The molecule has 1 amide bonds. The highest BCUT2D eigenvalue weighted by atomic mass is 16.5. The van der Waals surface area contributed by atoms with Gasteiger partial charge >= 0.3 is 0 Å². The molecule has 2 atom stereocenters. The zero-order valence-electron chi connectivity index (χ0n) is 13.8. The van der Waals surface area contributed by atoms with Gasteiger partial charge in [-0.3, -0.25) is 4.79 Å². The molecule has 0 bridgehead atoms. The number of aryl methyl sites for hydroxylation is 1. The van der Waals surface area contributed by atoms with Crippen molar-refractivity contribution in [2.45, 2.75) is 32.5 Å². The maximum absolute atomic E-state index is 11.4. The number of carbonyl (C=O) groups excluding carboxylic acids is 1. The Kier molecular flexibility index (Phi) is 5.11. The number of rotatable bonds is 5. The van der Waals surface area contributed by atoms with E-state index in [1.807, 2.05) is 43.3 Å². The lowest BCUT2D eigenvalue weighted by atomic mass is 9.92. The van der Waals surface area contributed by atoms with Gasteiger partial charge in [-0.05, 0) is 37.0 Å². The number of benzene rings is 1. The third-order valence-electron chi connectivity index (χ3n) is 4.33. The van der Waals surface area contributed by atoms with Crippen LogP contribution in [0.5, 0.6) is 5.88 Å². The molecule has 3 rings (SSSR count). The Balaban J connectivity index is 1.67. The van der Waals surface area contributed by atoms with Crippen LogP contribution in [0.1, 0.15) is 35.6 Å². The predicted octanol–water partition coefficient (Wildman–Crippen LogP) is 2.92. The summed E-state index contributed by atoms with van der Waals surface area (Å²) in [5, 5.41) is 0. The lowest BCUT2D eigenvalue weighted by Gasteiger charge is -2.28. The highest BCUT2D eigenvalue weighted by molar-refractivity contribution is 5.76. The Morgan fingerprint density at radius 2 is 2.17 bits per heavy atom. The first-order chi connectivity index (χ1) is 11.6. The summed E-state index contributed by atoms with van der Waals surface area (Å²) in [5.41, 5.74) is 8.44. The highest BCUT2D eigenvalue weighted by Gasteiger charge is 2.27. The molecule has 1 fully saturated rings. The summed E-state index contributed by atoms with van der Waals surface area (Å²) in [6.45, 7) is 2.99. The van der Waals surface area contributed by atoms with Crippen LogP contribution < -0.4 is 10.5 Å². The van der Waals surface area contributed by atoms with Crippen LogP contribution in [0.25, 0.3) is 0 Å². The van der Waals surface area contributed by atoms with Crippen LogP contribution in [-0.4, -0.2) is 17.5 Å². The Hall–Kier alpha value is -2.40. The molecule has 2 N–H and O–H groups in total. The second kappa shape index (κ2) is 7.45. The SMILES string of the molecule is Cc1cc([C@H]2C[C@@H](C(N)=O)CCO2)cnc1OCc1ccccc1. The largest absolute Gasteiger partial charge is 0.473 e. The molecule has 1 aliphatic heterocycles. The molecule has 5 heteroatoms. The minimum absolute atomic E-state index is 0.127. The molecule has 0 unspecified atom stereocenters. The lowest BCUT2D eigenvalue weighted by Crippen LogP contribution is -2.30. The molecular formula is C19H22N2O3. The smallest absolute Gasteiger partial charge is 0.220 e. The molecule has 126 valence electrons. The monoisotopic (exact) mass is 326 g/mol. The molecule has 0 saturated carbocycles. The molecular weight excluding hydrogens is 304 g/mol. The fourth-order valence-electron chi connectivity index (χ4n) is 2.92. The summed E-state index contributed by atoms with van der Waals surface area (Å²) in [5.74, 6) is 0.235. The van der Waals surface area contributed by atoms with Crippen LogP contribution in [0.15, 0.2) is 42.6 Å². The average Bonchev–Trinajstić information content (AvgIpc) is 2.61. The van der Waals surface area contributed by atoms with Crippen LogP contribution >= 0.6 is 0 Å². The van der Waals surface area contributed by atoms with Crippen molar-refractivity contribution in [2.24, 2.45) is 11.7 Å². The molecule has 1 aliphatic rings. The Morgan fingerprint density at radius 1 is 1.38 bits per heavy atom. The van der Waals surface area contributed by atoms with E-state index < -0.39 is 0 Å². The number of pyridine rings is 1. The highest BCUT2D eigenvalue weighted by Crippen LogP contribution is 2.32. The summed E-state index contributed by atoms with van der Waals surface area (Å²) >= 11 is 0. The molecule has 1 aromatic carbocycles. The van der Waals surface area contributed by atoms with Gasteiger partial charge in [0.1, 0.15) is 6.61 Å². The quantitative estimate of drug-likeness (QED) is 0.917. The van der Waals surface area contributed by atoms with Gasteiger partial charge in [-0.2, -0.15) is 0 Å². The molecule has 0 spiro atoms. The minimum atomic E-state index is -0.254. The number of hydrogen-bond acceptors (Lipinski definition) is 4. The van der Waals surface area contributed by atoms with Crippen molar-refractivity contribution in [3.8, 4) is 5.88 Å². The minimum Gasteiger partial charge on any atom is -0.473 e. The van der Waals surface area contributed by atoms with Gasteiger partial charge in [0.25, 0.3) is 0 Å². The fourth-order valence-corrected chi connectivity index (χ4v) is 2.92. The lowest BCUT2D eigenvalue weighted by molar-refractivity contribution is -0.126. The van der Waals surface area contributed by atoms with Crippen molar-refractivity contribution in [2.75, 3.05) is 6.61 Å². The van der Waals surface area contributed by atoms with E-state index in [0.717, 1.165) is 16.7 Å². The number of hydrogen-bond donors (Lipinski definition) is 1. The number of nitrogens with two attached hydrogens (primary N) is 1. The van der Waals surface area contributed by atoms with Gasteiger partial charge in [0, 0.05) is 24.3 Å². The van der Waals surface area contributed by atoms with E-state index in [9.17, 15) is 4.79 Å². The summed E-state index contributed by atoms with van der Waals surface area (Å²) in [7, 11) is 0. The van der Waals surface area contributed by atoms with Crippen molar-refractivity contribution < 1.29 is 14.3 Å². The molecule has 5 nitrogen and oxygen atoms in total. The van der Waals surface area contributed by atoms with E-state index in [-0.39, 0.29) is 17.9 Å². The normalized spacial score (nSPS) is 20.5. The van der Waals surface area contributed by atoms with Crippen molar-refractivity contribution >= 4 is 5.91 Å². The Morgan fingerprint density at radius 3 is 2.88 bits per heavy atom. The van der Waals surface area contributed by atoms with E-state index in [2.05, 4.69) is 4.98 Å². The summed E-state index contributed by atoms with van der Waals surface area (Å²) < 4.78 is 11.6. The zero-order chi connectivity index (χ0) is 16.9. The van der Waals surface area contributed by atoms with E-state index >= 15 is 0 Å². The number of amides is 1. The average molecular weight is 326 g/mol. The maximum Gasteiger partial charge on any atom is 0.220 e. The first kappa shape index (κ1) is 16.5. The predicted molar refractivity (Wildman–Crippen MR) is 90.4 cm³/mol. The van der Waals surface area contributed by atoms with Gasteiger partial charge in [0.05, 0.1) is 6.10 Å². The Bertz CT molecular complexity index is 703. The van der Waals surface area contributed by atoms with Crippen LogP contribution in [0.4, 0.5) is 0 Å². The fraction of sp³-hybridized carbons (Fsp3) is 0.368. The van der Waals surface area contributed by atoms with Crippen molar-refractivity contribution in [3.63, 3.8) is 0 Å². The van der Waals surface area contributed by atoms with Gasteiger partial charge < -0.3 is 15.2 Å².